The van der Waals surface area contributed by atoms with E-state index in [1.54, 1.807) is 36.4 Å². The molecule has 1 aliphatic rings. The minimum Gasteiger partial charge on any atom is -0.507 e. The fourth-order valence-corrected chi connectivity index (χ4v) is 2.86. The molecule has 3 aromatic carbocycles. The first-order valence-corrected chi connectivity index (χ1v) is 7.43. The highest BCUT2D eigenvalue weighted by molar-refractivity contribution is 6.29. The average Bonchev–Trinajstić information content (AvgIpc) is 2.60. The first kappa shape index (κ1) is 14.2. The Bertz CT molecular complexity index is 974. The molecule has 4 rings (SSSR count). The lowest BCUT2D eigenvalue weighted by molar-refractivity contribution is 0.0976. The summed E-state index contributed by atoms with van der Waals surface area (Å²) in [5.74, 6) is -0.0333. The summed E-state index contributed by atoms with van der Waals surface area (Å²) in [5.41, 5.74) is 0.831. The van der Waals surface area contributed by atoms with Crippen molar-refractivity contribution in [3.05, 3.63) is 89.0 Å². The average molecular weight is 316 g/mol. The zero-order valence-corrected chi connectivity index (χ0v) is 12.5. The van der Waals surface area contributed by atoms with Gasteiger partial charge in [-0.3, -0.25) is 9.59 Å². The summed E-state index contributed by atoms with van der Waals surface area (Å²) in [6, 6.07) is 18.5. The van der Waals surface area contributed by atoms with Gasteiger partial charge in [0.2, 0.25) is 0 Å². The van der Waals surface area contributed by atoms with E-state index in [-0.39, 0.29) is 28.4 Å². The molecule has 0 atom stereocenters. The topological polar surface area (TPSA) is 63.6 Å². The number of hydrogen-bond acceptors (Lipinski definition) is 4. The standard InChI is InChI=1S/C20H12O4/c21-17-11-13(24-12-6-2-1-3-7-12)10-16-18(17)20(23)15-9-5-4-8-14(15)19(16)22/h1-11,21H. The molecule has 0 heterocycles. The van der Waals surface area contributed by atoms with Gasteiger partial charge in [-0.15, -0.1) is 0 Å². The van der Waals surface area contributed by atoms with Crippen LogP contribution >= 0.6 is 0 Å². The second-order valence-corrected chi connectivity index (χ2v) is 5.48. The third-order valence-electron chi connectivity index (χ3n) is 3.96. The molecule has 0 fully saturated rings. The third kappa shape index (κ3) is 2.16. The van der Waals surface area contributed by atoms with Gasteiger partial charge >= 0.3 is 0 Å². The van der Waals surface area contributed by atoms with E-state index in [2.05, 4.69) is 0 Å². The lowest BCUT2D eigenvalue weighted by Gasteiger charge is -2.19. The zero-order chi connectivity index (χ0) is 16.7. The molecule has 0 aliphatic heterocycles. The molecule has 0 saturated heterocycles. The summed E-state index contributed by atoms with van der Waals surface area (Å²) in [7, 11) is 0. The lowest BCUT2D eigenvalue weighted by Crippen LogP contribution is -2.20. The number of carbonyl (C=O) groups is 2. The van der Waals surface area contributed by atoms with Crippen molar-refractivity contribution in [1.82, 2.24) is 0 Å². The Morgan fingerprint density at radius 2 is 1.29 bits per heavy atom. The Kier molecular flexibility index (Phi) is 3.17. The van der Waals surface area contributed by atoms with Crippen LogP contribution in [0.1, 0.15) is 31.8 Å². The van der Waals surface area contributed by atoms with Gasteiger partial charge in [0.1, 0.15) is 17.2 Å². The van der Waals surface area contributed by atoms with E-state index >= 15 is 0 Å². The van der Waals surface area contributed by atoms with Crippen molar-refractivity contribution in [2.24, 2.45) is 0 Å². The van der Waals surface area contributed by atoms with E-state index in [1.807, 2.05) is 18.2 Å². The number of phenolic OH excluding ortho intramolecular Hbond substituents is 1. The number of para-hydroxylation sites is 1. The quantitative estimate of drug-likeness (QED) is 0.608. The van der Waals surface area contributed by atoms with Gasteiger partial charge in [-0.25, -0.2) is 0 Å². The van der Waals surface area contributed by atoms with Gasteiger partial charge in [0.05, 0.1) is 5.56 Å². The highest BCUT2D eigenvalue weighted by atomic mass is 16.5. The maximum absolute atomic E-state index is 12.7. The Balaban J connectivity index is 1.83. The van der Waals surface area contributed by atoms with Crippen LogP contribution in [-0.4, -0.2) is 16.7 Å². The normalized spacial score (nSPS) is 12.5. The summed E-state index contributed by atoms with van der Waals surface area (Å²) in [5, 5.41) is 10.3. The molecule has 4 heteroatoms. The van der Waals surface area contributed by atoms with E-state index in [9.17, 15) is 14.7 Å². The summed E-state index contributed by atoms with van der Waals surface area (Å²) in [6.45, 7) is 0. The van der Waals surface area contributed by atoms with Gasteiger partial charge in [0.25, 0.3) is 0 Å². The molecule has 4 nitrogen and oxygen atoms in total. The van der Waals surface area contributed by atoms with Crippen molar-refractivity contribution in [1.29, 1.82) is 0 Å². The summed E-state index contributed by atoms with van der Waals surface area (Å²) >= 11 is 0. The second kappa shape index (κ2) is 5.35. The number of phenols is 1. The molecule has 116 valence electrons. The van der Waals surface area contributed by atoms with Crippen LogP contribution < -0.4 is 4.74 Å². The van der Waals surface area contributed by atoms with Crippen molar-refractivity contribution in [3.63, 3.8) is 0 Å². The first-order valence-electron chi connectivity index (χ1n) is 7.43. The van der Waals surface area contributed by atoms with Crippen LogP contribution in [0.25, 0.3) is 0 Å². The smallest absolute Gasteiger partial charge is 0.198 e. The van der Waals surface area contributed by atoms with E-state index in [1.165, 1.54) is 12.1 Å². The maximum Gasteiger partial charge on any atom is 0.198 e. The minimum absolute atomic E-state index is 0.0270. The highest BCUT2D eigenvalue weighted by Gasteiger charge is 2.32. The third-order valence-corrected chi connectivity index (χ3v) is 3.96. The highest BCUT2D eigenvalue weighted by Crippen LogP contribution is 2.37. The number of ketones is 2. The minimum atomic E-state index is -0.357. The second-order valence-electron chi connectivity index (χ2n) is 5.48. The van der Waals surface area contributed by atoms with Gasteiger partial charge < -0.3 is 9.84 Å². The van der Waals surface area contributed by atoms with Gasteiger partial charge in [-0.1, -0.05) is 42.5 Å². The molecule has 0 aromatic heterocycles. The Morgan fingerprint density at radius 3 is 2.00 bits per heavy atom. The predicted octanol–water partition coefficient (Wildman–Crippen LogP) is 3.96. The molecule has 0 saturated carbocycles. The van der Waals surface area contributed by atoms with Crippen molar-refractivity contribution in [2.45, 2.75) is 0 Å². The number of benzene rings is 3. The molecular weight excluding hydrogens is 304 g/mol. The van der Waals surface area contributed by atoms with Crippen molar-refractivity contribution in [2.75, 3.05) is 0 Å². The molecule has 3 aromatic rings. The SMILES string of the molecule is O=C1c2ccccc2C(=O)c2c(O)cc(Oc3ccccc3)cc21. The number of hydrogen-bond donors (Lipinski definition) is 1. The van der Waals surface area contributed by atoms with Gasteiger partial charge in [-0.05, 0) is 18.2 Å². The number of fused-ring (bicyclic) bond motifs is 2. The molecule has 1 aliphatic carbocycles. The molecule has 24 heavy (non-hydrogen) atoms. The number of aromatic hydroxyl groups is 1. The van der Waals surface area contributed by atoms with Crippen LogP contribution in [0.3, 0.4) is 0 Å². The number of rotatable bonds is 2. The van der Waals surface area contributed by atoms with E-state index in [4.69, 9.17) is 4.74 Å². The van der Waals surface area contributed by atoms with Crippen molar-refractivity contribution < 1.29 is 19.4 Å². The van der Waals surface area contributed by atoms with Gasteiger partial charge in [-0.2, -0.15) is 0 Å². The van der Waals surface area contributed by atoms with Crippen LogP contribution in [0.2, 0.25) is 0 Å². The monoisotopic (exact) mass is 316 g/mol. The lowest BCUT2D eigenvalue weighted by atomic mass is 9.83. The van der Waals surface area contributed by atoms with E-state index in [0.29, 0.717) is 22.6 Å². The predicted molar refractivity (Wildman–Crippen MR) is 87.9 cm³/mol. The fourth-order valence-electron chi connectivity index (χ4n) is 2.86. The van der Waals surface area contributed by atoms with E-state index in [0.717, 1.165) is 0 Å². The number of carbonyl (C=O) groups excluding carboxylic acids is 2. The molecule has 0 radical (unpaired) electrons. The summed E-state index contributed by atoms with van der Waals surface area (Å²) < 4.78 is 5.67. The van der Waals surface area contributed by atoms with Crippen molar-refractivity contribution in [3.8, 4) is 17.2 Å². The zero-order valence-electron chi connectivity index (χ0n) is 12.5. The van der Waals surface area contributed by atoms with E-state index < -0.39 is 0 Å². The maximum atomic E-state index is 12.7. The molecule has 0 unspecified atom stereocenters. The summed E-state index contributed by atoms with van der Waals surface area (Å²) in [4.78, 5) is 25.3. The van der Waals surface area contributed by atoms with Gasteiger partial charge in [0.15, 0.2) is 11.6 Å². The molecule has 0 amide bonds. The Labute approximate surface area is 138 Å². The molecular formula is C20H12O4. The molecule has 0 spiro atoms. The van der Waals surface area contributed by atoms with Gasteiger partial charge in [0, 0.05) is 22.8 Å². The number of ether oxygens (including phenoxy) is 1. The Hall–Kier alpha value is -3.40. The van der Waals surface area contributed by atoms with Crippen LogP contribution in [0.5, 0.6) is 17.2 Å². The molecule has 1 N–H and O–H groups in total. The molecule has 0 bridgehead atoms. The van der Waals surface area contributed by atoms with Crippen LogP contribution in [0.15, 0.2) is 66.7 Å². The van der Waals surface area contributed by atoms with Crippen LogP contribution in [0, 0.1) is 0 Å². The first-order chi connectivity index (χ1) is 11.6. The van der Waals surface area contributed by atoms with Crippen LogP contribution in [0.4, 0.5) is 0 Å². The largest absolute Gasteiger partial charge is 0.507 e. The summed E-state index contributed by atoms with van der Waals surface area (Å²) in [6.07, 6.45) is 0. The van der Waals surface area contributed by atoms with Crippen molar-refractivity contribution >= 4 is 11.6 Å². The fraction of sp³-hybridized carbons (Fsp3) is 0. The Morgan fingerprint density at radius 1 is 0.667 bits per heavy atom. The van der Waals surface area contributed by atoms with Crippen LogP contribution in [-0.2, 0) is 0 Å².